The summed E-state index contributed by atoms with van der Waals surface area (Å²) in [6, 6.07) is 37.1. The van der Waals surface area contributed by atoms with Crippen LogP contribution in [-0.4, -0.2) is 20.6 Å². The summed E-state index contributed by atoms with van der Waals surface area (Å²) in [4.78, 5) is 28.2. The third-order valence-corrected chi connectivity index (χ3v) is 8.26. The van der Waals surface area contributed by atoms with Crippen LogP contribution in [0, 0.1) is 0 Å². The Hall–Kier alpha value is -4.61. The standard InChI is InChI=1S/C34H24N2O2S/c37-33-32(39-34(38)36(33)22-27-12-7-11-25-9-3-4-13-29(25)27)19-28-21-35(31-15-6-5-14-30(28)31)20-23-16-17-24-8-1-2-10-26(24)18-23/h1-19,21H,20,22H2/b32-19-. The molecule has 39 heavy (non-hydrogen) atoms. The second-order valence-electron chi connectivity index (χ2n) is 9.82. The lowest BCUT2D eigenvalue weighted by molar-refractivity contribution is -0.123. The van der Waals surface area contributed by atoms with Crippen LogP contribution in [0.2, 0.25) is 0 Å². The fourth-order valence-electron chi connectivity index (χ4n) is 5.43. The SMILES string of the molecule is O=C1S/C(=C\c2cn(Cc3ccc4ccccc4c3)c3ccccc23)C(=O)N1Cc1cccc2ccccc12. The minimum Gasteiger partial charge on any atom is -0.342 e. The smallest absolute Gasteiger partial charge is 0.293 e. The Balaban J connectivity index is 1.21. The van der Waals surface area contributed by atoms with Gasteiger partial charge >= 0.3 is 0 Å². The Morgan fingerprint density at radius 2 is 1.38 bits per heavy atom. The largest absolute Gasteiger partial charge is 0.342 e. The van der Waals surface area contributed by atoms with Gasteiger partial charge in [-0.2, -0.15) is 0 Å². The van der Waals surface area contributed by atoms with Gasteiger partial charge in [0.1, 0.15) is 0 Å². The summed E-state index contributed by atoms with van der Waals surface area (Å²) in [6.07, 6.45) is 3.95. The third-order valence-electron chi connectivity index (χ3n) is 7.35. The molecule has 0 atom stereocenters. The monoisotopic (exact) mass is 524 g/mol. The normalized spacial score (nSPS) is 14.9. The van der Waals surface area contributed by atoms with Gasteiger partial charge < -0.3 is 4.57 Å². The van der Waals surface area contributed by atoms with Crippen molar-refractivity contribution in [1.82, 2.24) is 9.47 Å². The molecule has 0 spiro atoms. The van der Waals surface area contributed by atoms with Gasteiger partial charge in [-0.15, -0.1) is 0 Å². The predicted molar refractivity (Wildman–Crippen MR) is 160 cm³/mol. The van der Waals surface area contributed by atoms with Crippen LogP contribution in [0.25, 0.3) is 38.5 Å². The number of hydrogen-bond acceptors (Lipinski definition) is 3. The van der Waals surface area contributed by atoms with Gasteiger partial charge in [-0.05, 0) is 62.6 Å². The van der Waals surface area contributed by atoms with Crippen LogP contribution in [0.15, 0.2) is 120 Å². The zero-order chi connectivity index (χ0) is 26.3. The van der Waals surface area contributed by atoms with E-state index in [9.17, 15) is 9.59 Å². The first kappa shape index (κ1) is 23.5. The van der Waals surface area contributed by atoms with Crippen molar-refractivity contribution in [3.05, 3.63) is 137 Å². The summed E-state index contributed by atoms with van der Waals surface area (Å²) in [5.41, 5.74) is 4.19. The first-order valence-corrected chi connectivity index (χ1v) is 13.7. The number of benzene rings is 5. The number of imide groups is 1. The number of hydrogen-bond donors (Lipinski definition) is 0. The summed E-state index contributed by atoms with van der Waals surface area (Å²) < 4.78 is 2.21. The van der Waals surface area contributed by atoms with Crippen LogP contribution in [-0.2, 0) is 17.9 Å². The van der Waals surface area contributed by atoms with Crippen molar-refractivity contribution < 1.29 is 9.59 Å². The van der Waals surface area contributed by atoms with E-state index in [1.807, 2.05) is 60.7 Å². The predicted octanol–water partition coefficient (Wildman–Crippen LogP) is 8.23. The van der Waals surface area contributed by atoms with E-state index in [-0.39, 0.29) is 17.7 Å². The van der Waals surface area contributed by atoms with Crippen molar-refractivity contribution in [3.63, 3.8) is 0 Å². The summed E-state index contributed by atoms with van der Waals surface area (Å²) in [5.74, 6) is -0.246. The van der Waals surface area contributed by atoms with Gasteiger partial charge in [-0.3, -0.25) is 14.5 Å². The highest BCUT2D eigenvalue weighted by Crippen LogP contribution is 2.36. The second kappa shape index (κ2) is 9.61. The maximum Gasteiger partial charge on any atom is 0.293 e. The lowest BCUT2D eigenvalue weighted by Crippen LogP contribution is -2.27. The fourth-order valence-corrected chi connectivity index (χ4v) is 6.26. The zero-order valence-corrected chi connectivity index (χ0v) is 21.9. The Labute approximate surface area is 230 Å². The van der Waals surface area contributed by atoms with Crippen LogP contribution in [0.1, 0.15) is 16.7 Å². The minimum absolute atomic E-state index is 0.237. The molecule has 0 saturated carbocycles. The summed E-state index contributed by atoms with van der Waals surface area (Å²) >= 11 is 1.01. The van der Waals surface area contributed by atoms with Crippen LogP contribution in [0.5, 0.6) is 0 Å². The lowest BCUT2D eigenvalue weighted by atomic mass is 10.0. The van der Waals surface area contributed by atoms with Crippen LogP contribution in [0.3, 0.4) is 0 Å². The average Bonchev–Trinajstić information content (AvgIpc) is 3.44. The Morgan fingerprint density at radius 3 is 2.26 bits per heavy atom. The first-order valence-electron chi connectivity index (χ1n) is 12.9. The number of aromatic nitrogens is 1. The van der Waals surface area contributed by atoms with Crippen LogP contribution < -0.4 is 0 Å². The van der Waals surface area contributed by atoms with E-state index in [4.69, 9.17) is 0 Å². The maximum atomic E-state index is 13.4. The van der Waals surface area contributed by atoms with Gasteiger partial charge in [0.05, 0.1) is 11.4 Å². The van der Waals surface area contributed by atoms with Gasteiger partial charge in [-0.1, -0.05) is 97.1 Å². The number of fused-ring (bicyclic) bond motifs is 3. The molecule has 1 aliphatic heterocycles. The average molecular weight is 525 g/mol. The van der Waals surface area contributed by atoms with Crippen molar-refractivity contribution in [1.29, 1.82) is 0 Å². The molecule has 0 aliphatic carbocycles. The van der Waals surface area contributed by atoms with E-state index < -0.39 is 0 Å². The summed E-state index contributed by atoms with van der Waals surface area (Å²) in [7, 11) is 0. The van der Waals surface area contributed by atoms with E-state index in [2.05, 4.69) is 65.4 Å². The van der Waals surface area contributed by atoms with Gasteiger partial charge in [0.15, 0.2) is 0 Å². The molecule has 0 radical (unpaired) electrons. The molecular weight excluding hydrogens is 500 g/mol. The molecule has 1 fully saturated rings. The van der Waals surface area contributed by atoms with Gasteiger partial charge in [0.25, 0.3) is 11.1 Å². The third kappa shape index (κ3) is 4.31. The molecule has 6 aromatic rings. The molecule has 5 aromatic carbocycles. The van der Waals surface area contributed by atoms with Gasteiger partial charge in [0, 0.05) is 29.2 Å². The summed E-state index contributed by atoms with van der Waals surface area (Å²) in [6.45, 7) is 0.967. The molecule has 1 aliphatic rings. The lowest BCUT2D eigenvalue weighted by Gasteiger charge is -2.14. The van der Waals surface area contributed by atoms with Crippen molar-refractivity contribution >= 4 is 61.4 Å². The number of nitrogens with zero attached hydrogens (tertiary/aromatic N) is 2. The number of carbonyl (C=O) groups is 2. The Kier molecular flexibility index (Phi) is 5.79. The first-order chi connectivity index (χ1) is 19.1. The van der Waals surface area contributed by atoms with Crippen molar-refractivity contribution in [2.45, 2.75) is 13.1 Å². The van der Waals surface area contributed by atoms with E-state index in [0.29, 0.717) is 11.4 Å². The highest BCUT2D eigenvalue weighted by Gasteiger charge is 2.35. The molecule has 0 N–H and O–H groups in total. The highest BCUT2D eigenvalue weighted by molar-refractivity contribution is 8.18. The van der Waals surface area contributed by atoms with Crippen molar-refractivity contribution in [3.8, 4) is 0 Å². The van der Waals surface area contributed by atoms with Crippen LogP contribution in [0.4, 0.5) is 4.79 Å². The molecule has 1 saturated heterocycles. The van der Waals surface area contributed by atoms with E-state index in [0.717, 1.165) is 44.6 Å². The van der Waals surface area contributed by atoms with Gasteiger partial charge in [0.2, 0.25) is 0 Å². The molecule has 7 rings (SSSR count). The molecule has 2 amide bonds. The number of para-hydroxylation sites is 1. The van der Waals surface area contributed by atoms with E-state index >= 15 is 0 Å². The quantitative estimate of drug-likeness (QED) is 0.213. The van der Waals surface area contributed by atoms with Gasteiger partial charge in [-0.25, -0.2) is 0 Å². The Bertz CT molecular complexity index is 1950. The second-order valence-corrected chi connectivity index (χ2v) is 10.8. The van der Waals surface area contributed by atoms with E-state index in [1.54, 1.807) is 0 Å². The molecule has 5 heteroatoms. The highest BCUT2D eigenvalue weighted by atomic mass is 32.2. The zero-order valence-electron chi connectivity index (χ0n) is 21.1. The molecule has 2 heterocycles. The number of amides is 2. The molecule has 188 valence electrons. The Morgan fingerprint density at radius 1 is 0.667 bits per heavy atom. The summed E-state index contributed by atoms with van der Waals surface area (Å²) in [5, 5.41) is 5.40. The number of thioether (sulfide) groups is 1. The topological polar surface area (TPSA) is 42.3 Å². The molecule has 1 aromatic heterocycles. The molecule has 0 unspecified atom stereocenters. The molecular formula is C34H24N2O2S. The number of carbonyl (C=O) groups excluding carboxylic acids is 2. The minimum atomic E-state index is -0.246. The van der Waals surface area contributed by atoms with E-state index in [1.165, 1.54) is 21.2 Å². The van der Waals surface area contributed by atoms with Crippen molar-refractivity contribution in [2.75, 3.05) is 0 Å². The molecule has 4 nitrogen and oxygen atoms in total. The number of rotatable bonds is 5. The van der Waals surface area contributed by atoms with Crippen LogP contribution >= 0.6 is 11.8 Å². The fraction of sp³-hybridized carbons (Fsp3) is 0.0588. The van der Waals surface area contributed by atoms with Crippen molar-refractivity contribution in [2.24, 2.45) is 0 Å². The maximum absolute atomic E-state index is 13.4. The molecule has 0 bridgehead atoms.